The van der Waals surface area contributed by atoms with Gasteiger partial charge in [-0.05, 0) is 24.5 Å². The van der Waals surface area contributed by atoms with Crippen molar-refractivity contribution in [3.05, 3.63) is 189 Å². The number of hydrogen-bond acceptors (Lipinski definition) is 7. The molecule has 9 nitrogen and oxygen atoms in total. The monoisotopic (exact) mass is 1330 g/mol. The van der Waals surface area contributed by atoms with E-state index < -0.39 is 100 Å². The van der Waals surface area contributed by atoms with Crippen molar-refractivity contribution in [3.63, 3.8) is 0 Å². The number of para-hydroxylation sites is 3. The Morgan fingerprint density at radius 3 is 1.09 bits per heavy atom. The molecule has 0 amide bonds. The molecule has 2 unspecified atom stereocenters. The Hall–Kier alpha value is -7.22. The van der Waals surface area contributed by atoms with Crippen molar-refractivity contribution in [1.29, 1.82) is 0 Å². The molecule has 0 saturated heterocycles. The van der Waals surface area contributed by atoms with Crippen LogP contribution in [0.15, 0.2) is 91.0 Å². The van der Waals surface area contributed by atoms with Gasteiger partial charge in [-0.3, -0.25) is 0 Å². The van der Waals surface area contributed by atoms with Gasteiger partial charge in [0, 0.05) is 46.0 Å². The van der Waals surface area contributed by atoms with Gasteiger partial charge in [0.2, 0.25) is 11.3 Å². The first-order valence-corrected chi connectivity index (χ1v) is 22.5. The van der Waals surface area contributed by atoms with Crippen molar-refractivity contribution >= 4 is 45.2 Å². The average Bonchev–Trinajstić information content (AvgIpc) is 3.87. The fraction of sp³-hybridized carbons (Fsp3) is 0.231. The second kappa shape index (κ2) is 21.7. The first kappa shape index (κ1) is 62.0. The SMILES string of the molecule is [CH2-]Cc1n(-c2ccccc2[CH2-])c2cc(C(F)(F)F)nc(C(F)(F)F)c2[n+]1C.[CH2-]c1ccccc1N1c2cc(C(F)(F)F)nc(C(F)(F)F)c2N(C)C1[CH2-].[CH2-]c1ccccc1N1c2cc(C(F)(F)F)nc(C(F)(F)F)c2N(C)C1[CH2-].[Ir]. The van der Waals surface area contributed by atoms with Gasteiger partial charge in [-0.1, -0.05) is 54.2 Å². The molecule has 3 aromatic carbocycles. The molecule has 9 rings (SSSR count). The Morgan fingerprint density at radius 2 is 0.775 bits per heavy atom. The normalized spacial score (nSPS) is 15.8. The van der Waals surface area contributed by atoms with E-state index in [2.05, 4.69) is 56.5 Å². The minimum absolute atomic E-state index is 0. The molecular formula is C52H40F18IrN9-5. The molecule has 0 bridgehead atoms. The number of nitrogens with zero attached hydrogens (tertiary/aromatic N) is 9. The average molecular weight is 1330 g/mol. The Bertz CT molecular complexity index is 3280. The fourth-order valence-electron chi connectivity index (χ4n) is 8.90. The third-order valence-corrected chi connectivity index (χ3v) is 12.5. The van der Waals surface area contributed by atoms with Crippen molar-refractivity contribution in [2.45, 2.75) is 55.8 Å². The molecule has 6 heterocycles. The molecule has 80 heavy (non-hydrogen) atoms. The maximum absolute atomic E-state index is 13.5. The standard InChI is InChI=1S/C18H14F6N3.2C17H13F6N3.Ir/c1-4-14-26(3)15-12(27(14)11-8-6-5-7-10(11)2)9-13(17(19,20)21)25-16(15)18(22,23)24;2*1-9-6-4-5-7-11(9)26-10(2)25(3)14-12(26)8-13(16(18,19)20)24-15(14)17(21,22)23;/h5-9H,1-2,4H2,3H3;2*4-8,10H,1-2H2,3H3;/q-1;2*-2;. The first-order chi connectivity index (χ1) is 36.3. The number of hydrogen-bond donors (Lipinski definition) is 0. The van der Waals surface area contributed by atoms with Crippen LogP contribution in [0.5, 0.6) is 0 Å². The summed E-state index contributed by atoms with van der Waals surface area (Å²) in [6.07, 6.45) is -32.0. The van der Waals surface area contributed by atoms with E-state index in [1.807, 2.05) is 0 Å². The quantitative estimate of drug-likeness (QED) is 0.0988. The van der Waals surface area contributed by atoms with Crippen molar-refractivity contribution in [3.8, 4) is 5.69 Å². The molecule has 0 aliphatic carbocycles. The van der Waals surface area contributed by atoms with E-state index in [0.717, 1.165) is 9.80 Å². The molecule has 2 aliphatic rings. The van der Waals surface area contributed by atoms with Gasteiger partial charge in [0.25, 0.3) is 0 Å². The summed E-state index contributed by atoms with van der Waals surface area (Å²) in [5.41, 5.74) is -9.32. The van der Waals surface area contributed by atoms with Gasteiger partial charge in [-0.25, -0.2) is 24.1 Å². The van der Waals surface area contributed by atoms with Gasteiger partial charge in [-0.2, -0.15) is 129 Å². The van der Waals surface area contributed by atoms with Gasteiger partial charge < -0.3 is 40.4 Å². The topological polar surface area (TPSA) is 60.4 Å². The molecule has 1 radical (unpaired) electrons. The van der Waals surface area contributed by atoms with E-state index in [1.54, 1.807) is 72.8 Å². The van der Waals surface area contributed by atoms with E-state index in [1.165, 1.54) is 40.1 Å². The Kier molecular flexibility index (Phi) is 16.8. The van der Waals surface area contributed by atoms with Crippen LogP contribution in [0.25, 0.3) is 16.7 Å². The van der Waals surface area contributed by atoms with Gasteiger partial charge >= 0.3 is 37.1 Å². The maximum Gasteiger partial charge on any atom is 0.437 e. The minimum atomic E-state index is -5.06. The predicted molar refractivity (Wildman–Crippen MR) is 255 cm³/mol. The number of halogens is 18. The Balaban J connectivity index is 0.000000192. The summed E-state index contributed by atoms with van der Waals surface area (Å²) >= 11 is 0. The molecule has 0 spiro atoms. The summed E-state index contributed by atoms with van der Waals surface area (Å²) in [6, 6.07) is 21.2. The van der Waals surface area contributed by atoms with Crippen LogP contribution in [0.1, 0.15) is 56.7 Å². The van der Waals surface area contributed by atoms with Gasteiger partial charge in [0.1, 0.15) is 17.1 Å². The van der Waals surface area contributed by atoms with Crippen LogP contribution in [0, 0.1) is 41.5 Å². The molecular weight excluding hydrogens is 1280 g/mol. The molecule has 4 aromatic heterocycles. The molecule has 7 aromatic rings. The van der Waals surface area contributed by atoms with E-state index >= 15 is 0 Å². The van der Waals surface area contributed by atoms with Crippen LogP contribution >= 0.6 is 0 Å². The van der Waals surface area contributed by atoms with Gasteiger partial charge in [0.05, 0.1) is 29.8 Å². The number of fused-ring (bicyclic) bond motifs is 3. The number of anilines is 6. The summed E-state index contributed by atoms with van der Waals surface area (Å²) in [4.78, 5) is 13.5. The minimum Gasteiger partial charge on any atom is -0.401 e. The number of aryl methyl sites for hydroxylation is 1. The van der Waals surface area contributed by atoms with Crippen molar-refractivity contribution in [2.75, 3.05) is 33.7 Å². The van der Waals surface area contributed by atoms with Crippen molar-refractivity contribution in [1.82, 2.24) is 19.5 Å². The number of alkyl halides is 18. The largest absolute Gasteiger partial charge is 0.437 e. The maximum atomic E-state index is 13.5. The second-order valence-electron chi connectivity index (χ2n) is 17.5. The molecule has 0 saturated carbocycles. The fourth-order valence-corrected chi connectivity index (χ4v) is 8.90. The summed E-state index contributed by atoms with van der Waals surface area (Å²) in [6.45, 7) is 22.7. The predicted octanol–water partition coefficient (Wildman–Crippen LogP) is 14.5. The summed E-state index contributed by atoms with van der Waals surface area (Å²) in [7, 11) is 3.99. The van der Waals surface area contributed by atoms with Crippen LogP contribution in [0.4, 0.5) is 113 Å². The van der Waals surface area contributed by atoms with Crippen LogP contribution in [-0.2, 0) is 70.6 Å². The number of imidazole rings is 1. The first-order valence-electron chi connectivity index (χ1n) is 22.5. The molecule has 2 aliphatic heterocycles. The van der Waals surface area contributed by atoms with E-state index in [-0.39, 0.29) is 49.2 Å². The van der Waals surface area contributed by atoms with Gasteiger partial charge in [-0.15, -0.1) is 23.8 Å². The third-order valence-electron chi connectivity index (χ3n) is 12.5. The molecule has 0 fully saturated rings. The smallest absolute Gasteiger partial charge is 0.401 e. The zero-order valence-electron chi connectivity index (χ0n) is 41.4. The number of rotatable bonds is 4. The molecule has 28 heteroatoms. The molecule has 433 valence electrons. The van der Waals surface area contributed by atoms with Crippen LogP contribution in [0.3, 0.4) is 0 Å². The Morgan fingerprint density at radius 1 is 0.463 bits per heavy atom. The third kappa shape index (κ3) is 11.7. The summed E-state index contributed by atoms with van der Waals surface area (Å²) in [5.74, 6) is 0.285. The van der Waals surface area contributed by atoms with Gasteiger partial charge in [0.15, 0.2) is 22.6 Å². The number of aromatic nitrogens is 5. The molecule has 2 atom stereocenters. The van der Waals surface area contributed by atoms with Crippen LogP contribution in [-0.4, -0.2) is 45.9 Å². The van der Waals surface area contributed by atoms with Crippen LogP contribution in [0.2, 0.25) is 0 Å². The van der Waals surface area contributed by atoms with Crippen molar-refractivity contribution in [2.24, 2.45) is 7.05 Å². The number of benzene rings is 3. The Labute approximate surface area is 458 Å². The summed E-state index contributed by atoms with van der Waals surface area (Å²) in [5, 5.41) is 0. The van der Waals surface area contributed by atoms with Crippen LogP contribution < -0.4 is 24.2 Å². The van der Waals surface area contributed by atoms with E-state index in [4.69, 9.17) is 0 Å². The second-order valence-corrected chi connectivity index (χ2v) is 17.5. The van der Waals surface area contributed by atoms with Crippen molar-refractivity contribution < 1.29 is 104 Å². The molecule has 0 N–H and O–H groups in total. The van der Waals surface area contributed by atoms with E-state index in [9.17, 15) is 79.0 Å². The zero-order valence-corrected chi connectivity index (χ0v) is 43.8. The zero-order chi connectivity index (χ0) is 59.0. The number of pyridine rings is 3. The van der Waals surface area contributed by atoms with E-state index in [0.29, 0.717) is 52.0 Å². The summed E-state index contributed by atoms with van der Waals surface area (Å²) < 4.78 is 242.